The number of allylic oxidation sites excluding steroid dienone is 4. The Labute approximate surface area is 112 Å². The Bertz CT molecular complexity index is 572. The molecule has 1 aliphatic carbocycles. The molecule has 1 saturated heterocycles. The molecule has 0 saturated carbocycles. The van der Waals surface area contributed by atoms with Gasteiger partial charge in [-0.05, 0) is 26.3 Å². The highest BCUT2D eigenvalue weighted by Gasteiger charge is 2.62. The number of hydrogen-bond donors (Lipinski definition) is 0. The number of hydrogen-bond acceptors (Lipinski definition) is 3. The molecule has 0 aromatic carbocycles. The average molecular weight is 259 g/mol. The highest BCUT2D eigenvalue weighted by molar-refractivity contribution is 5.75. The van der Waals surface area contributed by atoms with Gasteiger partial charge in [0.1, 0.15) is 5.76 Å². The van der Waals surface area contributed by atoms with Gasteiger partial charge in [-0.25, -0.2) is 9.63 Å². The van der Waals surface area contributed by atoms with Gasteiger partial charge in [-0.3, -0.25) is 0 Å². The maximum atomic E-state index is 11.6. The normalized spacial score (nSPS) is 35.5. The van der Waals surface area contributed by atoms with E-state index >= 15 is 0 Å². The van der Waals surface area contributed by atoms with Gasteiger partial charge in [-0.15, -0.1) is 5.06 Å². The van der Waals surface area contributed by atoms with Crippen molar-refractivity contribution in [2.24, 2.45) is 5.41 Å². The van der Waals surface area contributed by atoms with Crippen molar-refractivity contribution in [3.63, 3.8) is 0 Å². The lowest BCUT2D eigenvalue weighted by atomic mass is 9.81. The fourth-order valence-electron chi connectivity index (χ4n) is 2.48. The minimum Gasteiger partial charge on any atom is -0.408 e. The van der Waals surface area contributed by atoms with Gasteiger partial charge >= 0.3 is 6.09 Å². The third kappa shape index (κ3) is 1.60. The van der Waals surface area contributed by atoms with Gasteiger partial charge in [-0.2, -0.15) is 0 Å². The van der Waals surface area contributed by atoms with Crippen molar-refractivity contribution < 1.29 is 14.4 Å². The van der Waals surface area contributed by atoms with Crippen LogP contribution in [0.3, 0.4) is 0 Å². The highest BCUT2D eigenvalue weighted by Crippen LogP contribution is 2.49. The highest BCUT2D eigenvalue weighted by atomic mass is 16.9. The maximum Gasteiger partial charge on any atom is 0.442 e. The molecule has 2 aliphatic heterocycles. The second-order valence-corrected chi connectivity index (χ2v) is 5.42. The number of ether oxygens (including phenoxy) is 1. The van der Waals surface area contributed by atoms with Gasteiger partial charge in [0, 0.05) is 5.41 Å². The molecule has 3 aliphatic rings. The van der Waals surface area contributed by atoms with E-state index in [1.807, 2.05) is 25.2 Å². The fraction of sp³-hybridized carbons (Fsp3) is 0.400. The molecule has 2 atom stereocenters. The molecule has 0 aromatic rings. The molecular formula is C15H17NO3. The first-order valence-corrected chi connectivity index (χ1v) is 6.43. The minimum atomic E-state index is -0.676. The van der Waals surface area contributed by atoms with E-state index in [-0.39, 0.29) is 5.41 Å². The first-order valence-electron chi connectivity index (χ1n) is 6.43. The lowest BCUT2D eigenvalue weighted by Gasteiger charge is -2.23. The fourth-order valence-corrected chi connectivity index (χ4v) is 2.48. The van der Waals surface area contributed by atoms with Crippen LogP contribution in [0.1, 0.15) is 27.2 Å². The molecule has 0 N–H and O–H groups in total. The number of rotatable bonds is 2. The summed E-state index contributed by atoms with van der Waals surface area (Å²) in [6.07, 6.45) is 8.36. The first kappa shape index (κ1) is 12.2. The zero-order chi connectivity index (χ0) is 13.8. The minimum absolute atomic E-state index is 0.228. The van der Waals surface area contributed by atoms with Crippen LogP contribution in [0.5, 0.6) is 0 Å². The van der Waals surface area contributed by atoms with Crippen LogP contribution >= 0.6 is 0 Å². The Morgan fingerprint density at radius 3 is 2.74 bits per heavy atom. The molecule has 1 fully saturated rings. The van der Waals surface area contributed by atoms with Crippen LogP contribution in [0.4, 0.5) is 4.79 Å². The SMILES string of the molecule is C=C(CC)C1(C)C=CC2=C(C=C1)C1(C)ON1C(=O)O2. The smallest absolute Gasteiger partial charge is 0.408 e. The molecule has 4 heteroatoms. The van der Waals surface area contributed by atoms with Crippen LogP contribution in [0.25, 0.3) is 0 Å². The van der Waals surface area contributed by atoms with E-state index < -0.39 is 11.8 Å². The second kappa shape index (κ2) is 3.61. The van der Waals surface area contributed by atoms with Crippen LogP contribution < -0.4 is 0 Å². The third-order valence-corrected chi connectivity index (χ3v) is 4.12. The summed E-state index contributed by atoms with van der Waals surface area (Å²) in [4.78, 5) is 17.0. The number of fused-ring (bicyclic) bond motifs is 2. The summed E-state index contributed by atoms with van der Waals surface area (Å²) in [5, 5.41) is 1.25. The number of amides is 1. The van der Waals surface area contributed by atoms with Crippen molar-refractivity contribution in [3.8, 4) is 0 Å². The number of nitrogens with zero attached hydrogens (tertiary/aromatic N) is 1. The lowest BCUT2D eigenvalue weighted by molar-refractivity contribution is 0.117. The van der Waals surface area contributed by atoms with Crippen molar-refractivity contribution >= 4 is 6.09 Å². The molecule has 2 unspecified atom stereocenters. The molecular weight excluding hydrogens is 242 g/mol. The molecule has 2 heterocycles. The number of carbonyl (C=O) groups excluding carboxylic acids is 1. The molecule has 0 bridgehead atoms. The molecule has 0 spiro atoms. The summed E-state index contributed by atoms with van der Waals surface area (Å²) in [5.41, 5.74) is 1.08. The van der Waals surface area contributed by atoms with Crippen molar-refractivity contribution in [3.05, 3.63) is 47.8 Å². The van der Waals surface area contributed by atoms with Crippen LogP contribution in [0.2, 0.25) is 0 Å². The summed E-state index contributed by atoms with van der Waals surface area (Å²) in [5.74, 6) is 0.560. The Morgan fingerprint density at radius 1 is 1.37 bits per heavy atom. The summed E-state index contributed by atoms with van der Waals surface area (Å²) < 4.78 is 5.27. The zero-order valence-electron chi connectivity index (χ0n) is 11.4. The average Bonchev–Trinajstić information content (AvgIpc) is 3.10. The van der Waals surface area contributed by atoms with Crippen LogP contribution in [-0.2, 0) is 9.57 Å². The van der Waals surface area contributed by atoms with Crippen molar-refractivity contribution in [2.45, 2.75) is 32.9 Å². The molecule has 0 aromatic heterocycles. The molecule has 19 heavy (non-hydrogen) atoms. The Kier molecular flexibility index (Phi) is 2.32. The van der Waals surface area contributed by atoms with Gasteiger partial charge in [0.05, 0.1) is 5.57 Å². The van der Waals surface area contributed by atoms with Crippen LogP contribution in [0, 0.1) is 5.41 Å². The number of carbonyl (C=O) groups is 1. The van der Waals surface area contributed by atoms with E-state index in [0.29, 0.717) is 5.76 Å². The van der Waals surface area contributed by atoms with Gasteiger partial charge in [0.2, 0.25) is 5.72 Å². The molecule has 1 amide bonds. The van der Waals surface area contributed by atoms with Crippen LogP contribution in [-0.4, -0.2) is 16.9 Å². The Balaban J connectivity index is 2.02. The van der Waals surface area contributed by atoms with Crippen molar-refractivity contribution in [1.29, 1.82) is 0 Å². The maximum absolute atomic E-state index is 11.6. The predicted molar refractivity (Wildman–Crippen MR) is 70.7 cm³/mol. The van der Waals surface area contributed by atoms with Gasteiger partial charge in [0.15, 0.2) is 0 Å². The molecule has 3 rings (SSSR count). The third-order valence-electron chi connectivity index (χ3n) is 4.12. The van der Waals surface area contributed by atoms with Crippen molar-refractivity contribution in [2.75, 3.05) is 0 Å². The van der Waals surface area contributed by atoms with Gasteiger partial charge < -0.3 is 4.74 Å². The van der Waals surface area contributed by atoms with E-state index in [0.717, 1.165) is 17.6 Å². The lowest BCUT2D eigenvalue weighted by Crippen LogP contribution is -2.29. The largest absolute Gasteiger partial charge is 0.442 e. The summed E-state index contributed by atoms with van der Waals surface area (Å²) >= 11 is 0. The van der Waals surface area contributed by atoms with Gasteiger partial charge in [-0.1, -0.05) is 37.3 Å². The predicted octanol–water partition coefficient (Wildman–Crippen LogP) is 3.45. The summed E-state index contributed by atoms with van der Waals surface area (Å²) in [7, 11) is 0. The van der Waals surface area contributed by atoms with Crippen LogP contribution in [0.15, 0.2) is 47.8 Å². The van der Waals surface area contributed by atoms with Crippen molar-refractivity contribution in [1.82, 2.24) is 5.06 Å². The second-order valence-electron chi connectivity index (χ2n) is 5.42. The van der Waals surface area contributed by atoms with E-state index in [4.69, 9.17) is 9.57 Å². The van der Waals surface area contributed by atoms with E-state index in [1.165, 1.54) is 5.06 Å². The topological polar surface area (TPSA) is 41.8 Å². The van der Waals surface area contributed by atoms with Gasteiger partial charge in [0.25, 0.3) is 0 Å². The summed E-state index contributed by atoms with van der Waals surface area (Å²) in [6, 6.07) is 0. The van der Waals surface area contributed by atoms with E-state index in [1.54, 1.807) is 0 Å². The van der Waals surface area contributed by atoms with E-state index in [9.17, 15) is 4.79 Å². The molecule has 0 radical (unpaired) electrons. The zero-order valence-corrected chi connectivity index (χ0v) is 11.4. The quantitative estimate of drug-likeness (QED) is 0.563. The summed E-state index contributed by atoms with van der Waals surface area (Å²) in [6.45, 7) is 10.2. The monoisotopic (exact) mass is 259 g/mol. The van der Waals surface area contributed by atoms with E-state index in [2.05, 4.69) is 26.5 Å². The standard InChI is InChI=1S/C15H17NO3/c1-5-10(2)14(3)8-6-11-12(7-9-14)18-13(17)16-15(11,4)19-16/h6-9H,2,5H2,1,3-4H3. The Hall–Kier alpha value is -1.81. The Morgan fingerprint density at radius 2 is 2.05 bits per heavy atom. The number of hydroxylamine groups is 2. The molecule has 100 valence electrons. The molecule has 4 nitrogen and oxygen atoms in total. The first-order chi connectivity index (χ1) is 8.90.